The number of carbonyl (C=O) groups excluding carboxylic acids is 3. The number of hydrogen-bond acceptors (Lipinski definition) is 9. The van der Waals surface area contributed by atoms with Crippen LogP contribution < -0.4 is 21.1 Å². The molecular weight excluding hydrogens is 375 g/mol. The maximum atomic E-state index is 8.89. The molecule has 0 heterocycles. The van der Waals surface area contributed by atoms with Crippen LogP contribution in [0.2, 0.25) is 0 Å². The maximum Gasteiger partial charge on any atom is 3.00 e. The molecule has 0 aliphatic rings. The molecule has 3 N–H and O–H groups in total. The van der Waals surface area contributed by atoms with Gasteiger partial charge >= 0.3 is 17.4 Å². The first kappa shape index (κ1) is 36.3. The number of carboxylic acid groups (broad SMARTS) is 3. The molecular formula is C16H31AlN2O8. The standard InChI is InChI=1S/C10H22N2O2.3C2H4O2.Al/c1-5-7(3)13-10(9(11)12)14-8(4)6-2;3*1-2(3)4;/h7-8,10H,5-6H2,1-4H3,(H3,11,12);3*1H3,(H,3,4);/q;;;;+3/p-3. The Labute approximate surface area is 171 Å². The number of nitrogens with two attached hydrogens (primary N) is 1. The molecule has 0 aromatic rings. The molecule has 156 valence electrons. The first-order chi connectivity index (χ1) is 11.7. The van der Waals surface area contributed by atoms with Gasteiger partial charge in [-0.1, -0.05) is 13.8 Å². The second-order valence-corrected chi connectivity index (χ2v) is 4.97. The number of carboxylic acids is 3. The first-order valence-electron chi connectivity index (χ1n) is 7.88. The molecule has 0 saturated carbocycles. The van der Waals surface area contributed by atoms with Gasteiger partial charge < -0.3 is 44.9 Å². The van der Waals surface area contributed by atoms with Gasteiger partial charge in [0.15, 0.2) is 0 Å². The fourth-order valence-corrected chi connectivity index (χ4v) is 0.793. The third-order valence-electron chi connectivity index (χ3n) is 2.12. The summed E-state index contributed by atoms with van der Waals surface area (Å²) in [5.74, 6) is -3.31. The molecule has 2 atom stereocenters. The number of aliphatic carboxylic acids is 3. The fourth-order valence-electron chi connectivity index (χ4n) is 0.793. The van der Waals surface area contributed by atoms with Gasteiger partial charge in [0.25, 0.3) is 0 Å². The number of amidine groups is 1. The van der Waals surface area contributed by atoms with Crippen LogP contribution in [0.1, 0.15) is 61.3 Å². The van der Waals surface area contributed by atoms with Crippen LogP contribution in [-0.4, -0.2) is 59.6 Å². The van der Waals surface area contributed by atoms with Crippen LogP contribution in [-0.2, 0) is 23.9 Å². The second kappa shape index (κ2) is 24.3. The van der Waals surface area contributed by atoms with E-state index in [1.165, 1.54) is 0 Å². The van der Waals surface area contributed by atoms with Gasteiger partial charge in [0.2, 0.25) is 6.29 Å². The average Bonchev–Trinajstić information content (AvgIpc) is 2.44. The van der Waals surface area contributed by atoms with Crippen molar-refractivity contribution >= 4 is 41.1 Å². The van der Waals surface area contributed by atoms with Crippen LogP contribution in [0.3, 0.4) is 0 Å². The van der Waals surface area contributed by atoms with Crippen LogP contribution in [0.15, 0.2) is 0 Å². The molecule has 11 heteroatoms. The van der Waals surface area contributed by atoms with E-state index in [0.29, 0.717) is 0 Å². The van der Waals surface area contributed by atoms with Gasteiger partial charge in [-0.2, -0.15) is 0 Å². The maximum absolute atomic E-state index is 8.89. The molecule has 0 bridgehead atoms. The normalized spacial score (nSPS) is 11.8. The minimum Gasteiger partial charge on any atom is -0.550 e. The van der Waals surface area contributed by atoms with Gasteiger partial charge in [0.05, 0.1) is 12.2 Å². The second-order valence-electron chi connectivity index (χ2n) is 4.97. The number of carbonyl (C=O) groups is 3. The van der Waals surface area contributed by atoms with Crippen molar-refractivity contribution in [1.82, 2.24) is 0 Å². The topological polar surface area (TPSA) is 189 Å². The van der Waals surface area contributed by atoms with E-state index in [1.807, 2.05) is 27.7 Å². The number of rotatable bonds is 7. The van der Waals surface area contributed by atoms with E-state index >= 15 is 0 Å². The molecule has 0 aliphatic heterocycles. The largest absolute Gasteiger partial charge is 3.00 e. The molecule has 10 nitrogen and oxygen atoms in total. The zero-order valence-electron chi connectivity index (χ0n) is 17.1. The van der Waals surface area contributed by atoms with E-state index in [1.54, 1.807) is 0 Å². The van der Waals surface area contributed by atoms with Gasteiger partial charge in [0, 0.05) is 17.9 Å². The van der Waals surface area contributed by atoms with E-state index in [9.17, 15) is 0 Å². The van der Waals surface area contributed by atoms with Crippen molar-refractivity contribution in [3.8, 4) is 0 Å². The Bertz CT molecular complexity index is 355. The minimum absolute atomic E-state index is 0. The van der Waals surface area contributed by atoms with Crippen LogP contribution in [0, 0.1) is 5.41 Å². The van der Waals surface area contributed by atoms with Crippen molar-refractivity contribution in [2.45, 2.75) is 79.8 Å². The summed E-state index contributed by atoms with van der Waals surface area (Å²) in [7, 11) is 0. The molecule has 0 fully saturated rings. The molecule has 0 radical (unpaired) electrons. The van der Waals surface area contributed by atoms with Crippen LogP contribution in [0.4, 0.5) is 0 Å². The van der Waals surface area contributed by atoms with Gasteiger partial charge in [-0.15, -0.1) is 0 Å². The Kier molecular flexibility index (Phi) is 32.7. The molecule has 0 saturated heterocycles. The molecule has 0 aliphatic carbocycles. The van der Waals surface area contributed by atoms with E-state index in [-0.39, 0.29) is 35.4 Å². The van der Waals surface area contributed by atoms with E-state index in [0.717, 1.165) is 33.6 Å². The molecule has 2 unspecified atom stereocenters. The summed E-state index contributed by atoms with van der Waals surface area (Å²) in [5, 5.41) is 34.0. The Morgan fingerprint density at radius 2 is 1.04 bits per heavy atom. The van der Waals surface area contributed by atoms with E-state index < -0.39 is 24.2 Å². The quantitative estimate of drug-likeness (QED) is 0.204. The monoisotopic (exact) mass is 406 g/mol. The predicted molar refractivity (Wildman–Crippen MR) is 95.2 cm³/mol. The summed E-state index contributed by atoms with van der Waals surface area (Å²) in [6.45, 7) is 10.8. The van der Waals surface area contributed by atoms with Crippen molar-refractivity contribution in [2.75, 3.05) is 0 Å². The number of ether oxygens (including phenoxy) is 2. The zero-order valence-corrected chi connectivity index (χ0v) is 18.2. The minimum atomic E-state index is -1.08. The summed E-state index contributed by atoms with van der Waals surface area (Å²) in [4.78, 5) is 26.7. The first-order valence-corrected chi connectivity index (χ1v) is 7.88. The Hall–Kier alpha value is -1.67. The summed E-state index contributed by atoms with van der Waals surface area (Å²) < 4.78 is 10.9. The Balaban J connectivity index is -0.000000102. The Morgan fingerprint density at radius 1 is 0.852 bits per heavy atom. The smallest absolute Gasteiger partial charge is 0.550 e. The molecule has 0 amide bonds. The van der Waals surface area contributed by atoms with Crippen molar-refractivity contribution in [2.24, 2.45) is 5.73 Å². The van der Waals surface area contributed by atoms with Crippen molar-refractivity contribution in [3.05, 3.63) is 0 Å². The summed E-state index contributed by atoms with van der Waals surface area (Å²) in [6.07, 6.45) is 1.20. The number of hydrogen-bond donors (Lipinski definition) is 2. The zero-order chi connectivity index (χ0) is 21.9. The SMILES string of the molecule is CC(=O)[O-].CC(=O)[O-].CC(=O)[O-].CCC(C)OC(OC(C)CC)C(=N)N.[Al+3]. The summed E-state index contributed by atoms with van der Waals surface area (Å²) >= 11 is 0. The van der Waals surface area contributed by atoms with Crippen LogP contribution in [0.25, 0.3) is 0 Å². The predicted octanol–water partition coefficient (Wildman–Crippen LogP) is -2.23. The summed E-state index contributed by atoms with van der Waals surface area (Å²) in [5.41, 5.74) is 5.38. The van der Waals surface area contributed by atoms with Gasteiger partial charge in [-0.05, 0) is 47.5 Å². The van der Waals surface area contributed by atoms with Crippen LogP contribution >= 0.6 is 0 Å². The van der Waals surface area contributed by atoms with Crippen molar-refractivity contribution in [1.29, 1.82) is 5.41 Å². The number of nitrogens with one attached hydrogen (secondary N) is 1. The molecule has 0 spiro atoms. The molecule has 0 aromatic heterocycles. The average molecular weight is 406 g/mol. The van der Waals surface area contributed by atoms with Crippen molar-refractivity contribution < 1.29 is 39.2 Å². The third kappa shape index (κ3) is 59.1. The van der Waals surface area contributed by atoms with Crippen molar-refractivity contribution in [3.63, 3.8) is 0 Å². The third-order valence-corrected chi connectivity index (χ3v) is 2.12. The van der Waals surface area contributed by atoms with Crippen LogP contribution in [0.5, 0.6) is 0 Å². The Morgan fingerprint density at radius 3 is 1.15 bits per heavy atom. The summed E-state index contributed by atoms with van der Waals surface area (Å²) in [6, 6.07) is 0. The van der Waals surface area contributed by atoms with E-state index in [4.69, 9.17) is 50.3 Å². The molecule has 27 heavy (non-hydrogen) atoms. The molecule has 0 rings (SSSR count). The molecule has 0 aromatic carbocycles. The van der Waals surface area contributed by atoms with E-state index in [2.05, 4.69) is 0 Å². The fraction of sp³-hybridized carbons (Fsp3) is 0.750. The van der Waals surface area contributed by atoms with Gasteiger partial charge in [-0.25, -0.2) is 0 Å². The van der Waals surface area contributed by atoms with Gasteiger partial charge in [-0.3, -0.25) is 5.41 Å². The van der Waals surface area contributed by atoms with Gasteiger partial charge in [0.1, 0.15) is 5.84 Å².